The zero-order valence-corrected chi connectivity index (χ0v) is 14.4. The first-order chi connectivity index (χ1) is 10.5. The van der Waals surface area contributed by atoms with Crippen LogP contribution in [0.3, 0.4) is 0 Å². The highest BCUT2D eigenvalue weighted by Crippen LogP contribution is 2.18. The third-order valence-electron chi connectivity index (χ3n) is 4.35. The van der Waals surface area contributed by atoms with Crippen LogP contribution >= 0.6 is 0 Å². The molecule has 5 nitrogen and oxygen atoms in total. The molecule has 0 bridgehead atoms. The van der Waals surface area contributed by atoms with E-state index in [0.717, 1.165) is 6.54 Å². The van der Waals surface area contributed by atoms with Gasteiger partial charge in [0.05, 0.1) is 19.3 Å². The molecule has 128 valence electrons. The van der Waals surface area contributed by atoms with Gasteiger partial charge in [0, 0.05) is 19.1 Å². The normalized spacial score (nSPS) is 24.9. The van der Waals surface area contributed by atoms with Crippen LogP contribution in [0.5, 0.6) is 0 Å². The van der Waals surface area contributed by atoms with Crippen molar-refractivity contribution >= 4 is 6.09 Å². The van der Waals surface area contributed by atoms with Gasteiger partial charge in [-0.15, -0.1) is 0 Å². The second kappa shape index (κ2) is 8.16. The molecule has 1 heterocycles. The Kier molecular flexibility index (Phi) is 6.50. The van der Waals surface area contributed by atoms with Gasteiger partial charge in [0.1, 0.15) is 5.60 Å². The molecule has 0 aromatic rings. The Hall–Kier alpha value is -0.810. The van der Waals surface area contributed by atoms with Gasteiger partial charge in [0.2, 0.25) is 0 Å². The lowest BCUT2D eigenvalue weighted by Crippen LogP contribution is -2.55. The summed E-state index contributed by atoms with van der Waals surface area (Å²) in [6, 6.07) is 0.664. The number of nitrogens with one attached hydrogen (secondary N) is 1. The van der Waals surface area contributed by atoms with E-state index in [1.54, 1.807) is 0 Å². The standard InChI is InChI=1S/C17H32N2O3/c1-17(2,3)22-16(20)19-10-11-21-13-15(19)12-18-14-8-6-4-5-7-9-14/h14-15,18H,4-13H2,1-3H3. The summed E-state index contributed by atoms with van der Waals surface area (Å²) in [6.45, 7) is 8.33. The van der Waals surface area contributed by atoms with Crippen LogP contribution in [0.2, 0.25) is 0 Å². The molecule has 1 N–H and O–H groups in total. The van der Waals surface area contributed by atoms with Crippen molar-refractivity contribution in [1.29, 1.82) is 0 Å². The molecule has 2 rings (SSSR count). The number of carbonyl (C=O) groups excluding carboxylic acids is 1. The number of rotatable bonds is 3. The molecule has 1 unspecified atom stereocenters. The van der Waals surface area contributed by atoms with Crippen LogP contribution in [0.4, 0.5) is 4.79 Å². The molecule has 2 fully saturated rings. The van der Waals surface area contributed by atoms with E-state index < -0.39 is 5.60 Å². The van der Waals surface area contributed by atoms with Gasteiger partial charge in [0.15, 0.2) is 0 Å². The van der Waals surface area contributed by atoms with Crippen LogP contribution in [0, 0.1) is 0 Å². The van der Waals surface area contributed by atoms with Crippen molar-refractivity contribution < 1.29 is 14.3 Å². The molecule has 1 saturated heterocycles. The Balaban J connectivity index is 1.84. The van der Waals surface area contributed by atoms with Crippen LogP contribution in [-0.2, 0) is 9.47 Å². The van der Waals surface area contributed by atoms with Gasteiger partial charge in [-0.1, -0.05) is 25.7 Å². The van der Waals surface area contributed by atoms with Crippen molar-refractivity contribution in [3.8, 4) is 0 Å². The van der Waals surface area contributed by atoms with Gasteiger partial charge < -0.3 is 14.8 Å². The van der Waals surface area contributed by atoms with Crippen molar-refractivity contribution in [1.82, 2.24) is 10.2 Å². The van der Waals surface area contributed by atoms with Crippen molar-refractivity contribution in [3.05, 3.63) is 0 Å². The molecule has 0 spiro atoms. The minimum Gasteiger partial charge on any atom is -0.444 e. The van der Waals surface area contributed by atoms with Crippen LogP contribution in [0.15, 0.2) is 0 Å². The molecule has 1 atom stereocenters. The monoisotopic (exact) mass is 312 g/mol. The third-order valence-corrected chi connectivity index (χ3v) is 4.35. The molecule has 1 saturated carbocycles. The van der Waals surface area contributed by atoms with Crippen molar-refractivity contribution in [2.45, 2.75) is 77.0 Å². The van der Waals surface area contributed by atoms with E-state index in [4.69, 9.17) is 9.47 Å². The largest absolute Gasteiger partial charge is 0.444 e. The zero-order valence-electron chi connectivity index (χ0n) is 14.4. The molecular weight excluding hydrogens is 280 g/mol. The first kappa shape index (κ1) is 17.5. The first-order valence-corrected chi connectivity index (χ1v) is 8.76. The summed E-state index contributed by atoms with van der Waals surface area (Å²) >= 11 is 0. The molecule has 2 aliphatic rings. The molecule has 0 aromatic heterocycles. The molecule has 1 amide bonds. The average Bonchev–Trinajstić information content (AvgIpc) is 2.72. The second-order valence-corrected chi connectivity index (χ2v) is 7.50. The summed E-state index contributed by atoms with van der Waals surface area (Å²) in [5.41, 5.74) is -0.450. The summed E-state index contributed by atoms with van der Waals surface area (Å²) < 4.78 is 11.1. The quantitative estimate of drug-likeness (QED) is 0.814. The second-order valence-electron chi connectivity index (χ2n) is 7.50. The van der Waals surface area contributed by atoms with Crippen LogP contribution in [0.1, 0.15) is 59.3 Å². The fourth-order valence-corrected chi connectivity index (χ4v) is 3.17. The highest BCUT2D eigenvalue weighted by atomic mass is 16.6. The first-order valence-electron chi connectivity index (χ1n) is 8.76. The van der Waals surface area contributed by atoms with Gasteiger partial charge >= 0.3 is 6.09 Å². The maximum atomic E-state index is 12.4. The van der Waals surface area contributed by atoms with Gasteiger partial charge in [-0.05, 0) is 33.6 Å². The maximum absolute atomic E-state index is 12.4. The topological polar surface area (TPSA) is 50.8 Å². The van der Waals surface area contributed by atoms with Crippen LogP contribution in [-0.4, -0.2) is 55.0 Å². The molecule has 0 aromatic carbocycles. The van der Waals surface area contributed by atoms with Crippen molar-refractivity contribution in [3.63, 3.8) is 0 Å². The lowest BCUT2D eigenvalue weighted by Gasteiger charge is -2.37. The third kappa shape index (κ3) is 5.76. The molecule has 0 radical (unpaired) electrons. The Labute approximate surface area is 134 Å². The minimum atomic E-state index is -0.450. The number of carbonyl (C=O) groups is 1. The van der Waals surface area contributed by atoms with E-state index in [2.05, 4.69) is 5.32 Å². The Morgan fingerprint density at radius 2 is 1.91 bits per heavy atom. The van der Waals surface area contributed by atoms with E-state index in [9.17, 15) is 4.79 Å². The highest BCUT2D eigenvalue weighted by Gasteiger charge is 2.31. The molecule has 1 aliphatic heterocycles. The zero-order chi connectivity index (χ0) is 16.0. The Morgan fingerprint density at radius 3 is 2.55 bits per heavy atom. The van der Waals surface area contributed by atoms with Crippen LogP contribution in [0.25, 0.3) is 0 Å². The van der Waals surface area contributed by atoms with Crippen LogP contribution < -0.4 is 5.32 Å². The fourth-order valence-electron chi connectivity index (χ4n) is 3.17. The predicted molar refractivity (Wildman–Crippen MR) is 87.0 cm³/mol. The van der Waals surface area contributed by atoms with Gasteiger partial charge in [-0.2, -0.15) is 0 Å². The highest BCUT2D eigenvalue weighted by molar-refractivity contribution is 5.68. The summed E-state index contributed by atoms with van der Waals surface area (Å²) in [7, 11) is 0. The van der Waals surface area contributed by atoms with Crippen molar-refractivity contribution in [2.24, 2.45) is 0 Å². The van der Waals surface area contributed by atoms with E-state index in [1.165, 1.54) is 38.5 Å². The maximum Gasteiger partial charge on any atom is 0.410 e. The van der Waals surface area contributed by atoms with E-state index in [1.807, 2.05) is 25.7 Å². The van der Waals surface area contributed by atoms with Gasteiger partial charge in [-0.3, -0.25) is 4.90 Å². The molecule has 22 heavy (non-hydrogen) atoms. The number of hydrogen-bond donors (Lipinski definition) is 1. The van der Waals surface area contributed by atoms with Gasteiger partial charge in [0.25, 0.3) is 0 Å². The number of nitrogens with zero attached hydrogens (tertiary/aromatic N) is 1. The molecule has 1 aliphatic carbocycles. The number of morpholine rings is 1. The smallest absolute Gasteiger partial charge is 0.410 e. The summed E-state index contributed by atoms with van der Waals surface area (Å²) in [6.07, 6.45) is 7.62. The fraction of sp³-hybridized carbons (Fsp3) is 0.941. The SMILES string of the molecule is CC(C)(C)OC(=O)N1CCOCC1CNC1CCCCCC1. The summed E-state index contributed by atoms with van der Waals surface area (Å²) in [4.78, 5) is 14.2. The number of hydrogen-bond acceptors (Lipinski definition) is 4. The van der Waals surface area contributed by atoms with E-state index >= 15 is 0 Å². The van der Waals surface area contributed by atoms with E-state index in [0.29, 0.717) is 25.8 Å². The van der Waals surface area contributed by atoms with E-state index in [-0.39, 0.29) is 12.1 Å². The number of amides is 1. The Morgan fingerprint density at radius 1 is 1.23 bits per heavy atom. The number of ether oxygens (including phenoxy) is 2. The lowest BCUT2D eigenvalue weighted by molar-refractivity contribution is -0.0322. The van der Waals surface area contributed by atoms with Crippen molar-refractivity contribution in [2.75, 3.05) is 26.3 Å². The van der Waals surface area contributed by atoms with Gasteiger partial charge in [-0.25, -0.2) is 4.79 Å². The minimum absolute atomic E-state index is 0.0758. The Bertz CT molecular complexity index is 346. The summed E-state index contributed by atoms with van der Waals surface area (Å²) in [5.74, 6) is 0. The predicted octanol–water partition coefficient (Wildman–Crippen LogP) is 2.93. The molecular formula is C17H32N2O3. The average molecular weight is 312 g/mol. The lowest BCUT2D eigenvalue weighted by atomic mass is 10.1. The molecule has 5 heteroatoms. The summed E-state index contributed by atoms with van der Waals surface area (Å²) in [5, 5.41) is 3.65.